The normalized spacial score (nSPS) is 24.8. The first-order chi connectivity index (χ1) is 21.9. The summed E-state index contributed by atoms with van der Waals surface area (Å²) in [5, 5.41) is 5.51. The SMILES string of the molecule is CN1CCCC1COc1nc2c(F)c(-c3c[nH]c4ccc(F)cc34)ncc2c2c1cc(CN1CCOC1=O)n2C1C2CNC1C2. The van der Waals surface area contributed by atoms with Crippen molar-refractivity contribution >= 4 is 38.8 Å². The van der Waals surface area contributed by atoms with E-state index in [1.54, 1.807) is 23.4 Å². The number of halogens is 2. The number of ether oxygens (including phenoxy) is 2. The Kier molecular flexibility index (Phi) is 6.08. The van der Waals surface area contributed by atoms with E-state index < -0.39 is 11.6 Å². The minimum atomic E-state index is -0.588. The van der Waals surface area contributed by atoms with E-state index in [0.717, 1.165) is 48.9 Å². The van der Waals surface area contributed by atoms with Gasteiger partial charge in [-0.05, 0) is 63.0 Å². The van der Waals surface area contributed by atoms with Crippen LogP contribution in [0.4, 0.5) is 13.6 Å². The quantitative estimate of drug-likeness (QED) is 0.268. The lowest BCUT2D eigenvalue weighted by molar-refractivity contribution is 0.155. The van der Waals surface area contributed by atoms with Gasteiger partial charge in [0.1, 0.15) is 30.2 Å². The minimum absolute atomic E-state index is 0.0937. The van der Waals surface area contributed by atoms with Crippen LogP contribution in [0, 0.1) is 17.6 Å². The van der Waals surface area contributed by atoms with Crippen LogP contribution in [0.15, 0.2) is 36.7 Å². The molecule has 5 aliphatic rings. The van der Waals surface area contributed by atoms with Gasteiger partial charge in [0.05, 0.1) is 30.0 Å². The summed E-state index contributed by atoms with van der Waals surface area (Å²) in [4.78, 5) is 29.1. The van der Waals surface area contributed by atoms with E-state index in [9.17, 15) is 9.18 Å². The fourth-order valence-electron chi connectivity index (χ4n) is 7.96. The molecule has 0 radical (unpaired) electrons. The summed E-state index contributed by atoms with van der Waals surface area (Å²) in [5.41, 5.74) is 3.14. The second kappa shape index (κ2) is 10.1. The highest BCUT2D eigenvalue weighted by Gasteiger charge is 2.49. The predicted molar refractivity (Wildman–Crippen MR) is 164 cm³/mol. The van der Waals surface area contributed by atoms with Crippen molar-refractivity contribution in [2.45, 2.75) is 43.9 Å². The van der Waals surface area contributed by atoms with Gasteiger partial charge in [-0.15, -0.1) is 0 Å². The molecule has 12 heteroatoms. The second-order valence-corrected chi connectivity index (χ2v) is 12.9. The van der Waals surface area contributed by atoms with Crippen molar-refractivity contribution in [3.8, 4) is 17.1 Å². The van der Waals surface area contributed by atoms with Gasteiger partial charge in [0.25, 0.3) is 0 Å². The number of rotatable bonds is 7. The van der Waals surface area contributed by atoms with Gasteiger partial charge in [-0.2, -0.15) is 0 Å². The van der Waals surface area contributed by atoms with Crippen LogP contribution in [0.2, 0.25) is 0 Å². The first kappa shape index (κ1) is 27.1. The fourth-order valence-corrected chi connectivity index (χ4v) is 7.96. The van der Waals surface area contributed by atoms with Crippen LogP contribution in [0.25, 0.3) is 44.0 Å². The number of hydrogen-bond acceptors (Lipinski definition) is 7. The van der Waals surface area contributed by atoms with E-state index in [2.05, 4.69) is 31.8 Å². The topological polar surface area (TPSA) is 101 Å². The van der Waals surface area contributed by atoms with Crippen LogP contribution in [-0.2, 0) is 11.3 Å². The highest BCUT2D eigenvalue weighted by atomic mass is 19.1. The van der Waals surface area contributed by atoms with Crippen LogP contribution in [0.5, 0.6) is 5.88 Å². The maximum absolute atomic E-state index is 16.8. The molecule has 4 aliphatic heterocycles. The van der Waals surface area contributed by atoms with E-state index in [1.807, 2.05) is 6.07 Å². The molecule has 232 valence electrons. The molecule has 2 bridgehead atoms. The van der Waals surface area contributed by atoms with E-state index in [-0.39, 0.29) is 35.4 Å². The van der Waals surface area contributed by atoms with Crippen LogP contribution in [0.1, 0.15) is 31.0 Å². The number of aromatic nitrogens is 4. The van der Waals surface area contributed by atoms with Gasteiger partial charge >= 0.3 is 6.09 Å². The summed E-state index contributed by atoms with van der Waals surface area (Å²) in [6.07, 6.45) is 6.19. The molecule has 1 saturated carbocycles. The van der Waals surface area contributed by atoms with Crippen molar-refractivity contribution in [3.05, 3.63) is 54.0 Å². The molecule has 10 nitrogen and oxygen atoms in total. The van der Waals surface area contributed by atoms with Crippen LogP contribution < -0.4 is 10.1 Å². The summed E-state index contributed by atoms with van der Waals surface area (Å²) >= 11 is 0. The Labute approximate surface area is 257 Å². The molecular weight excluding hydrogens is 580 g/mol. The van der Waals surface area contributed by atoms with Gasteiger partial charge < -0.3 is 29.2 Å². The number of pyridine rings is 2. The van der Waals surface area contributed by atoms with E-state index in [0.29, 0.717) is 60.0 Å². The van der Waals surface area contributed by atoms with E-state index in [4.69, 9.17) is 14.5 Å². The molecule has 4 unspecified atom stereocenters. The molecule has 1 aromatic carbocycles. The maximum Gasteiger partial charge on any atom is 0.410 e. The molecule has 1 aliphatic carbocycles. The number of nitrogens with zero attached hydrogens (tertiary/aromatic N) is 5. The van der Waals surface area contributed by atoms with Crippen molar-refractivity contribution in [3.63, 3.8) is 0 Å². The van der Waals surface area contributed by atoms with Crippen LogP contribution in [-0.4, -0.2) is 87.4 Å². The number of aromatic amines is 1. The fraction of sp³-hybridized carbons (Fsp3) is 0.424. The van der Waals surface area contributed by atoms with Crippen LogP contribution >= 0.6 is 0 Å². The van der Waals surface area contributed by atoms with Crippen LogP contribution in [0.3, 0.4) is 0 Å². The summed E-state index contributed by atoms with van der Waals surface area (Å²) in [5.74, 6) is -0.210. The van der Waals surface area contributed by atoms with E-state index >= 15 is 4.39 Å². The zero-order chi connectivity index (χ0) is 30.4. The molecule has 4 atom stereocenters. The Morgan fingerprint density at radius 1 is 1.16 bits per heavy atom. The summed E-state index contributed by atoms with van der Waals surface area (Å²) in [6.45, 7) is 3.59. The largest absolute Gasteiger partial charge is 0.476 e. The second-order valence-electron chi connectivity index (χ2n) is 12.9. The number of amides is 1. The lowest BCUT2D eigenvalue weighted by atomic mass is 9.79. The van der Waals surface area contributed by atoms with Gasteiger partial charge in [-0.25, -0.2) is 18.6 Å². The number of cyclic esters (lactones) is 1. The van der Waals surface area contributed by atoms with Gasteiger partial charge in [-0.3, -0.25) is 9.88 Å². The Hall–Kier alpha value is -4.29. The lowest BCUT2D eigenvalue weighted by Gasteiger charge is -2.38. The first-order valence-corrected chi connectivity index (χ1v) is 15.7. The zero-order valence-corrected chi connectivity index (χ0v) is 24.9. The number of carbonyl (C=O) groups is 1. The standard InChI is InChI=1S/C33H33F2N7O3/c1-40-6-2-3-19(40)16-45-32-22-11-20(15-41-7-8-44-33(41)43)42(30-17-9-26(30)36-12-17)31(22)24-14-38-28(27(35)29(24)39-32)23-13-37-25-5-4-18(34)10-21(23)25/h4-5,10-11,13-14,17,19,26,30,36-37H,2-3,6-9,12,15-16H2,1H3. The average molecular weight is 614 g/mol. The smallest absolute Gasteiger partial charge is 0.410 e. The Balaban J connectivity index is 1.26. The number of hydrogen-bond donors (Lipinski definition) is 2. The third kappa shape index (κ3) is 4.15. The number of H-pyrrole nitrogens is 1. The highest BCUT2D eigenvalue weighted by Crippen LogP contribution is 2.48. The molecule has 2 N–H and O–H groups in total. The third-order valence-electron chi connectivity index (χ3n) is 10.4. The molecule has 4 saturated heterocycles. The number of likely N-dealkylation sites (tertiary alicyclic amines) is 1. The molecule has 8 heterocycles. The summed E-state index contributed by atoms with van der Waals surface area (Å²) in [6, 6.07) is 7.11. The van der Waals surface area contributed by atoms with Crippen molar-refractivity contribution in [1.82, 2.24) is 34.6 Å². The summed E-state index contributed by atoms with van der Waals surface area (Å²) in [7, 11) is 2.09. The highest BCUT2D eigenvalue weighted by molar-refractivity contribution is 6.08. The number of likely N-dealkylation sites (N-methyl/N-ethyl adjacent to an activating group) is 1. The van der Waals surface area contributed by atoms with Gasteiger partial charge in [0, 0.05) is 58.6 Å². The van der Waals surface area contributed by atoms with Crippen molar-refractivity contribution in [1.29, 1.82) is 0 Å². The van der Waals surface area contributed by atoms with Crippen molar-refractivity contribution < 1.29 is 23.0 Å². The van der Waals surface area contributed by atoms with Crippen molar-refractivity contribution in [2.75, 3.05) is 39.9 Å². The van der Waals surface area contributed by atoms with Gasteiger partial charge in [0.2, 0.25) is 5.88 Å². The average Bonchev–Trinajstić information content (AvgIpc) is 3.87. The number of nitrogens with one attached hydrogen (secondary N) is 2. The van der Waals surface area contributed by atoms with E-state index in [1.165, 1.54) is 12.1 Å². The van der Waals surface area contributed by atoms with Crippen molar-refractivity contribution in [2.24, 2.45) is 5.92 Å². The zero-order valence-electron chi connectivity index (χ0n) is 24.9. The monoisotopic (exact) mass is 613 g/mol. The van der Waals surface area contributed by atoms with Gasteiger partial charge in [0.15, 0.2) is 5.82 Å². The number of carbonyl (C=O) groups excluding carboxylic acids is 1. The molecular formula is C33H33F2N7O3. The number of benzene rings is 1. The predicted octanol–water partition coefficient (Wildman–Crippen LogP) is 4.97. The Morgan fingerprint density at radius 2 is 2.07 bits per heavy atom. The minimum Gasteiger partial charge on any atom is -0.476 e. The maximum atomic E-state index is 16.8. The lowest BCUT2D eigenvalue weighted by Crippen LogP contribution is -2.40. The molecule has 45 heavy (non-hydrogen) atoms. The summed E-state index contributed by atoms with van der Waals surface area (Å²) < 4.78 is 45.0. The first-order valence-electron chi connectivity index (χ1n) is 15.7. The molecule has 0 spiro atoms. The molecule has 5 fully saturated rings. The Bertz CT molecular complexity index is 1990. The number of fused-ring (bicyclic) bond motifs is 5. The molecule has 1 amide bonds. The Morgan fingerprint density at radius 3 is 2.82 bits per heavy atom. The van der Waals surface area contributed by atoms with Gasteiger partial charge in [-0.1, -0.05) is 0 Å². The third-order valence-corrected chi connectivity index (χ3v) is 10.4. The molecule has 4 aromatic heterocycles. The molecule has 10 rings (SSSR count). The molecule has 5 aromatic rings.